The average Bonchev–Trinajstić information content (AvgIpc) is 2.41. The van der Waals surface area contributed by atoms with Crippen LogP contribution in [0.5, 0.6) is 0 Å². The first kappa shape index (κ1) is 20.3. The molecule has 0 aromatic heterocycles. The molecule has 14 heteroatoms. The van der Waals surface area contributed by atoms with Crippen molar-refractivity contribution in [3.63, 3.8) is 0 Å². The first-order valence-corrected chi connectivity index (χ1v) is 6.15. The summed E-state index contributed by atoms with van der Waals surface area (Å²) in [5, 5.41) is 0. The van der Waals surface area contributed by atoms with Gasteiger partial charge in [0.1, 0.15) is 0 Å². The van der Waals surface area contributed by atoms with Crippen LogP contribution in [-0.2, 0) is 0 Å². The lowest BCUT2D eigenvalue weighted by Crippen LogP contribution is -2.98. The summed E-state index contributed by atoms with van der Waals surface area (Å²) in [6.45, 7) is -2.56. The molecule has 2 saturated carbocycles. The van der Waals surface area contributed by atoms with Crippen LogP contribution in [0.1, 0.15) is 13.8 Å². The van der Waals surface area contributed by atoms with Crippen molar-refractivity contribution < 1.29 is 61.5 Å². The molecule has 4 unspecified atom stereocenters. The minimum Gasteiger partial charge on any atom is -0.233 e. The normalized spacial score (nSPS) is 51.8. The lowest BCUT2D eigenvalue weighted by molar-refractivity contribution is -0.530. The van der Waals surface area contributed by atoms with Gasteiger partial charge in [-0.25, -0.2) is 17.6 Å². The molecule has 2 aliphatic carbocycles. The topological polar surface area (TPSA) is 0 Å². The molecule has 0 heterocycles. The summed E-state index contributed by atoms with van der Waals surface area (Å²) in [7, 11) is 0. The fourth-order valence-corrected chi connectivity index (χ4v) is 3.27. The van der Waals surface area contributed by atoms with Gasteiger partial charge in [0.05, 0.1) is 0 Å². The summed E-state index contributed by atoms with van der Waals surface area (Å²) in [5.74, 6) is -36.1. The Morgan fingerprint density at radius 1 is 0.320 bits per heavy atom. The lowest BCUT2D eigenvalue weighted by atomic mass is 9.49. The molecule has 0 N–H and O–H groups in total. The molecule has 2 rings (SSSR count). The summed E-state index contributed by atoms with van der Waals surface area (Å²) in [4.78, 5) is 0. The van der Waals surface area contributed by atoms with E-state index in [1.807, 2.05) is 0 Å². The number of halogens is 14. The second kappa shape index (κ2) is 3.97. The third-order valence-electron chi connectivity index (χ3n) is 4.99. The zero-order chi connectivity index (χ0) is 20.5. The summed E-state index contributed by atoms with van der Waals surface area (Å²) >= 11 is 0. The molecular weight excluding hydrogens is 398 g/mol. The molecule has 0 nitrogen and oxygen atoms in total. The van der Waals surface area contributed by atoms with Crippen LogP contribution in [0.4, 0.5) is 61.5 Å². The van der Waals surface area contributed by atoms with Gasteiger partial charge in [-0.05, 0) is 13.8 Å². The highest BCUT2D eigenvalue weighted by molar-refractivity contribution is 5.44. The predicted octanol–water partition coefficient (Wildman–Crippen LogP) is 5.06. The van der Waals surface area contributed by atoms with Crippen molar-refractivity contribution in [1.82, 2.24) is 0 Å². The van der Waals surface area contributed by atoms with Crippen LogP contribution in [0.15, 0.2) is 0 Å². The van der Waals surface area contributed by atoms with Crippen molar-refractivity contribution in [2.75, 3.05) is 0 Å². The quantitative estimate of drug-likeness (QED) is 0.495. The predicted molar refractivity (Wildman–Crippen MR) is 51.4 cm³/mol. The number of fused-ring (bicyclic) bond motifs is 2. The van der Waals surface area contributed by atoms with E-state index in [9.17, 15) is 61.5 Å². The Morgan fingerprint density at radius 2 is 0.520 bits per heavy atom. The molecule has 4 atom stereocenters. The van der Waals surface area contributed by atoms with E-state index in [2.05, 4.69) is 0 Å². The van der Waals surface area contributed by atoms with Gasteiger partial charge in [0.15, 0.2) is 0 Å². The molecule has 0 radical (unpaired) electrons. The van der Waals surface area contributed by atoms with Gasteiger partial charge in [-0.15, -0.1) is 0 Å². The standard InChI is InChI=1S/C11H6F14/c1-3(12)5(14)9(20,21)6(15,11(24,25)7(3,16)17)4(2,13)8(18,19)10(5,22)23/h1-2H3. The molecule has 0 amide bonds. The second-order valence-electron chi connectivity index (χ2n) is 6.19. The number of hydrogen-bond donors (Lipinski definition) is 0. The molecule has 2 fully saturated rings. The van der Waals surface area contributed by atoms with E-state index in [1.165, 1.54) is 0 Å². The van der Waals surface area contributed by atoms with Gasteiger partial charge in [0.2, 0.25) is 11.3 Å². The van der Waals surface area contributed by atoms with Crippen LogP contribution in [0, 0.1) is 0 Å². The van der Waals surface area contributed by atoms with Crippen molar-refractivity contribution in [3.05, 3.63) is 0 Å². The molecule has 0 saturated heterocycles. The number of hydrogen-bond acceptors (Lipinski definition) is 0. The van der Waals surface area contributed by atoms with Crippen LogP contribution in [0.3, 0.4) is 0 Å². The van der Waals surface area contributed by atoms with E-state index in [0.717, 1.165) is 0 Å². The minimum atomic E-state index is -7.34. The lowest BCUT2D eigenvalue weighted by Gasteiger charge is -2.66. The van der Waals surface area contributed by atoms with E-state index in [-0.39, 0.29) is 0 Å². The van der Waals surface area contributed by atoms with Crippen LogP contribution < -0.4 is 0 Å². The number of rotatable bonds is 0. The molecular formula is C11H6F14. The van der Waals surface area contributed by atoms with Crippen LogP contribution in [-0.4, -0.2) is 52.3 Å². The zero-order valence-electron chi connectivity index (χ0n) is 11.8. The van der Waals surface area contributed by atoms with Gasteiger partial charge in [0, 0.05) is 0 Å². The maximum Gasteiger partial charge on any atom is 0.356 e. The van der Waals surface area contributed by atoms with Gasteiger partial charge in [-0.1, -0.05) is 0 Å². The molecule has 0 aromatic carbocycles. The first-order valence-electron chi connectivity index (χ1n) is 6.15. The Bertz CT molecular complexity index is 526. The fraction of sp³-hybridized carbons (Fsp3) is 1.00. The van der Waals surface area contributed by atoms with Crippen molar-refractivity contribution >= 4 is 0 Å². The molecule has 25 heavy (non-hydrogen) atoms. The smallest absolute Gasteiger partial charge is 0.233 e. The van der Waals surface area contributed by atoms with Crippen molar-refractivity contribution in [1.29, 1.82) is 0 Å². The van der Waals surface area contributed by atoms with E-state index in [4.69, 9.17) is 0 Å². The molecule has 148 valence electrons. The van der Waals surface area contributed by atoms with E-state index < -0.39 is 66.1 Å². The Hall–Kier alpha value is -0.980. The highest BCUT2D eigenvalue weighted by atomic mass is 19.4. The van der Waals surface area contributed by atoms with Gasteiger partial charge >= 0.3 is 29.6 Å². The Morgan fingerprint density at radius 3 is 0.720 bits per heavy atom. The molecule has 2 aliphatic rings. The minimum absolute atomic E-state index is 1.28. The monoisotopic (exact) mass is 404 g/mol. The van der Waals surface area contributed by atoms with Gasteiger partial charge in [-0.3, -0.25) is 0 Å². The summed E-state index contributed by atoms with van der Waals surface area (Å²) in [5.41, 5.74) is -27.3. The van der Waals surface area contributed by atoms with Gasteiger partial charge in [-0.2, -0.15) is 43.9 Å². The van der Waals surface area contributed by atoms with Crippen LogP contribution in [0.2, 0.25) is 0 Å². The van der Waals surface area contributed by atoms with Gasteiger partial charge < -0.3 is 0 Å². The Kier molecular flexibility index (Phi) is 3.23. The van der Waals surface area contributed by atoms with Crippen LogP contribution >= 0.6 is 0 Å². The van der Waals surface area contributed by atoms with E-state index in [0.29, 0.717) is 0 Å². The summed E-state index contributed by atoms with van der Waals surface area (Å²) < 4.78 is 193. The highest BCUT2D eigenvalue weighted by Crippen LogP contribution is 2.80. The van der Waals surface area contributed by atoms with E-state index in [1.54, 1.807) is 0 Å². The molecule has 0 spiro atoms. The Labute approximate surface area is 129 Å². The second-order valence-corrected chi connectivity index (χ2v) is 6.19. The SMILES string of the molecule is CC1(F)C(F)(F)C(F)(F)C2(F)C(C)(F)C(F)(F)C(F)(F)C1(F)C2(F)F. The first-order chi connectivity index (χ1) is 10.5. The van der Waals surface area contributed by atoms with Crippen LogP contribution in [0.25, 0.3) is 0 Å². The molecule has 0 aliphatic heterocycles. The fourth-order valence-electron chi connectivity index (χ4n) is 3.27. The Balaban J connectivity index is 3.18. The number of alkyl halides is 14. The average molecular weight is 404 g/mol. The van der Waals surface area contributed by atoms with Crippen molar-refractivity contribution in [2.24, 2.45) is 0 Å². The largest absolute Gasteiger partial charge is 0.356 e. The maximum absolute atomic E-state index is 14.3. The summed E-state index contributed by atoms with van der Waals surface area (Å²) in [6, 6.07) is 0. The molecule has 0 aromatic rings. The van der Waals surface area contributed by atoms with E-state index >= 15 is 0 Å². The third kappa shape index (κ3) is 1.28. The van der Waals surface area contributed by atoms with Crippen molar-refractivity contribution in [3.8, 4) is 0 Å². The third-order valence-corrected chi connectivity index (χ3v) is 4.99. The highest BCUT2D eigenvalue weighted by Gasteiger charge is 3.11. The zero-order valence-corrected chi connectivity index (χ0v) is 11.8. The van der Waals surface area contributed by atoms with Crippen molar-refractivity contribution in [2.45, 2.75) is 66.1 Å². The van der Waals surface area contributed by atoms with Gasteiger partial charge in [0.25, 0.3) is 11.3 Å². The molecule has 2 bridgehead atoms. The summed E-state index contributed by atoms with van der Waals surface area (Å²) in [6.07, 6.45) is 0. The maximum atomic E-state index is 14.3.